The van der Waals surface area contributed by atoms with Gasteiger partial charge in [0.25, 0.3) is 5.91 Å². The van der Waals surface area contributed by atoms with E-state index in [0.717, 1.165) is 12.0 Å². The fourth-order valence-electron chi connectivity index (χ4n) is 0.741. The first-order chi connectivity index (χ1) is 9.12. The molecule has 0 radical (unpaired) electrons. The lowest BCUT2D eigenvalue weighted by Crippen LogP contribution is -2.20. The number of carbonyl (C=O) groups is 1. The molecule has 0 aliphatic heterocycles. The minimum atomic E-state index is -0.199. The Labute approximate surface area is 120 Å². The molecule has 0 aromatic heterocycles. The number of amides is 1. The van der Waals surface area contributed by atoms with Gasteiger partial charge < -0.3 is 5.32 Å². The molecule has 19 heavy (non-hydrogen) atoms. The van der Waals surface area contributed by atoms with Crippen molar-refractivity contribution in [2.75, 3.05) is 6.54 Å². The summed E-state index contributed by atoms with van der Waals surface area (Å²) in [6, 6.07) is 0. The van der Waals surface area contributed by atoms with E-state index in [-0.39, 0.29) is 5.91 Å². The van der Waals surface area contributed by atoms with E-state index in [9.17, 15) is 4.79 Å². The molecule has 0 bridgehead atoms. The summed E-state index contributed by atoms with van der Waals surface area (Å²) in [7, 11) is 0. The van der Waals surface area contributed by atoms with Crippen molar-refractivity contribution in [2.24, 2.45) is 0 Å². The minimum Gasteiger partial charge on any atom is -0.346 e. The van der Waals surface area contributed by atoms with Crippen LogP contribution in [0.25, 0.3) is 0 Å². The first-order valence-electron chi connectivity index (χ1n) is 6.63. The summed E-state index contributed by atoms with van der Waals surface area (Å²) in [6.45, 7) is 23.6. The Bertz CT molecular complexity index is 269. The van der Waals surface area contributed by atoms with Gasteiger partial charge in [-0.05, 0) is 26.2 Å². The van der Waals surface area contributed by atoms with Crippen molar-refractivity contribution < 1.29 is 4.79 Å². The zero-order chi connectivity index (χ0) is 16.1. The van der Waals surface area contributed by atoms with Crippen molar-refractivity contribution >= 4 is 5.91 Å². The fraction of sp³-hybridized carbons (Fsp3) is 0.471. The van der Waals surface area contributed by atoms with Crippen LogP contribution in [0.3, 0.4) is 0 Å². The molecule has 2 nitrogen and oxygen atoms in total. The number of nitrogens with one attached hydrogen (secondary N) is 1. The van der Waals surface area contributed by atoms with Crippen LogP contribution in [0.4, 0.5) is 0 Å². The van der Waals surface area contributed by atoms with Gasteiger partial charge in [0.15, 0.2) is 0 Å². The molecule has 0 aromatic carbocycles. The van der Waals surface area contributed by atoms with Crippen LogP contribution in [-0.4, -0.2) is 12.5 Å². The second-order valence-corrected chi connectivity index (χ2v) is 2.85. The van der Waals surface area contributed by atoms with E-state index in [1.165, 1.54) is 6.42 Å². The molecule has 0 heterocycles. The largest absolute Gasteiger partial charge is 0.346 e. The van der Waals surface area contributed by atoms with Gasteiger partial charge in [0.1, 0.15) is 0 Å². The summed E-state index contributed by atoms with van der Waals surface area (Å²) in [5, 5.41) is 2.53. The van der Waals surface area contributed by atoms with Gasteiger partial charge in [-0.15, -0.1) is 13.2 Å². The van der Waals surface area contributed by atoms with E-state index in [0.29, 0.717) is 6.54 Å². The molecule has 0 fully saturated rings. The Morgan fingerprint density at radius 3 is 1.95 bits per heavy atom. The van der Waals surface area contributed by atoms with E-state index >= 15 is 0 Å². The minimum absolute atomic E-state index is 0.199. The van der Waals surface area contributed by atoms with E-state index in [4.69, 9.17) is 0 Å². The molecule has 0 saturated carbocycles. The Hall–Kier alpha value is -1.75. The summed E-state index contributed by atoms with van der Waals surface area (Å²) < 4.78 is 0. The molecule has 110 valence electrons. The van der Waals surface area contributed by atoms with Crippen molar-refractivity contribution in [1.29, 1.82) is 0 Å². The Morgan fingerprint density at radius 1 is 1.26 bits per heavy atom. The molecule has 0 aromatic rings. The molecular weight excluding hydrogens is 234 g/mol. The third-order valence-electron chi connectivity index (χ3n) is 1.44. The predicted octanol–water partition coefficient (Wildman–Crippen LogP) is 4.50. The van der Waals surface area contributed by atoms with Gasteiger partial charge in [0.05, 0.1) is 0 Å². The molecular formula is C17H31NO. The second-order valence-electron chi connectivity index (χ2n) is 2.85. The van der Waals surface area contributed by atoms with E-state index in [2.05, 4.69) is 50.4 Å². The molecule has 0 unspecified atom stereocenters. The summed E-state index contributed by atoms with van der Waals surface area (Å²) >= 11 is 0. The van der Waals surface area contributed by atoms with Crippen LogP contribution in [-0.2, 0) is 4.79 Å². The average Bonchev–Trinajstić information content (AvgIpc) is 2.45. The Kier molecular flexibility index (Phi) is 40.8. The quantitative estimate of drug-likeness (QED) is 0.452. The highest BCUT2D eigenvalue weighted by atomic mass is 16.1. The van der Waals surface area contributed by atoms with Crippen molar-refractivity contribution in [3.05, 3.63) is 38.0 Å². The maximum Gasteiger partial charge on any atom is 0.295 e. The Balaban J connectivity index is -0.0000000941. The molecule has 0 aliphatic carbocycles. The topological polar surface area (TPSA) is 29.1 Å². The molecule has 0 atom stereocenters. The number of carbonyl (C=O) groups excluding carboxylic acids is 1. The lowest BCUT2D eigenvalue weighted by atomic mass is 10.2. The van der Waals surface area contributed by atoms with Crippen LogP contribution in [0.5, 0.6) is 0 Å². The van der Waals surface area contributed by atoms with Crippen molar-refractivity contribution in [3.8, 4) is 11.8 Å². The van der Waals surface area contributed by atoms with Crippen LogP contribution < -0.4 is 5.32 Å². The lowest BCUT2D eigenvalue weighted by molar-refractivity contribution is -0.115. The maximum atomic E-state index is 10.4. The van der Waals surface area contributed by atoms with Crippen LogP contribution in [0.15, 0.2) is 38.0 Å². The Morgan fingerprint density at radius 2 is 1.74 bits per heavy atom. The highest BCUT2D eigenvalue weighted by Crippen LogP contribution is 1.99. The molecule has 0 aliphatic rings. The SMILES string of the molecule is C=C.C=CC(=C)CCC.CC.CC#CC(=O)NCC. The highest BCUT2D eigenvalue weighted by Gasteiger charge is 1.85. The molecule has 1 N–H and O–H groups in total. The zero-order valence-corrected chi connectivity index (χ0v) is 13.4. The van der Waals surface area contributed by atoms with Crippen LogP contribution in [0.2, 0.25) is 0 Å². The van der Waals surface area contributed by atoms with Crippen LogP contribution >= 0.6 is 0 Å². The normalized spacial score (nSPS) is 6.37. The standard InChI is InChI=1S/C7H12.C6H9NO.C2H6.C2H4/c1-4-6-7(3)5-2;1-3-5-6(8)7-4-2;2*1-2/h5H,2-4,6H2,1H3;4H2,1-2H3,(H,7,8);1-2H3;1-2H2. The van der Waals surface area contributed by atoms with Gasteiger partial charge in [-0.3, -0.25) is 4.79 Å². The first kappa shape index (κ1) is 25.9. The van der Waals surface area contributed by atoms with E-state index in [1.54, 1.807) is 6.92 Å². The monoisotopic (exact) mass is 265 g/mol. The maximum absolute atomic E-state index is 10.4. The van der Waals surface area contributed by atoms with Gasteiger partial charge in [-0.25, -0.2) is 0 Å². The van der Waals surface area contributed by atoms with E-state index < -0.39 is 0 Å². The van der Waals surface area contributed by atoms with Crippen LogP contribution in [0, 0.1) is 11.8 Å². The van der Waals surface area contributed by atoms with Gasteiger partial charge in [0, 0.05) is 6.54 Å². The molecule has 0 spiro atoms. The van der Waals surface area contributed by atoms with Gasteiger partial charge in [-0.1, -0.05) is 57.9 Å². The highest BCUT2D eigenvalue weighted by molar-refractivity contribution is 5.93. The predicted molar refractivity (Wildman–Crippen MR) is 89.0 cm³/mol. The van der Waals surface area contributed by atoms with Crippen molar-refractivity contribution in [2.45, 2.75) is 47.5 Å². The number of hydrogen-bond acceptors (Lipinski definition) is 1. The molecule has 0 rings (SSSR count). The fourth-order valence-corrected chi connectivity index (χ4v) is 0.741. The summed E-state index contributed by atoms with van der Waals surface area (Å²) in [5.41, 5.74) is 1.14. The molecule has 1 amide bonds. The summed E-state index contributed by atoms with van der Waals surface area (Å²) in [5.74, 6) is 4.64. The zero-order valence-electron chi connectivity index (χ0n) is 13.4. The molecule has 2 heteroatoms. The summed E-state index contributed by atoms with van der Waals surface area (Å²) in [6.07, 6.45) is 4.07. The number of rotatable bonds is 4. The third-order valence-corrected chi connectivity index (χ3v) is 1.44. The van der Waals surface area contributed by atoms with Crippen molar-refractivity contribution in [3.63, 3.8) is 0 Å². The lowest BCUT2D eigenvalue weighted by Gasteiger charge is -1.89. The number of allylic oxidation sites excluding steroid dienone is 2. The third kappa shape index (κ3) is 38.6. The molecule has 0 saturated heterocycles. The van der Waals surface area contributed by atoms with Gasteiger partial charge in [0.2, 0.25) is 0 Å². The smallest absolute Gasteiger partial charge is 0.295 e. The average molecular weight is 265 g/mol. The van der Waals surface area contributed by atoms with Gasteiger partial charge >= 0.3 is 0 Å². The van der Waals surface area contributed by atoms with Gasteiger partial charge in [-0.2, -0.15) is 0 Å². The number of hydrogen-bond donors (Lipinski definition) is 1. The second kappa shape index (κ2) is 29.9. The first-order valence-corrected chi connectivity index (χ1v) is 6.63. The van der Waals surface area contributed by atoms with Crippen LogP contribution in [0.1, 0.15) is 47.5 Å². The van der Waals surface area contributed by atoms with E-state index in [1.807, 2.05) is 26.8 Å². The summed E-state index contributed by atoms with van der Waals surface area (Å²) in [4.78, 5) is 10.4. The van der Waals surface area contributed by atoms with Crippen molar-refractivity contribution in [1.82, 2.24) is 5.32 Å².